The number of benzene rings is 5. The average molecular weight is 1480 g/mol. The Bertz CT molecular complexity index is 4630. The Kier molecular flexibility index (Phi) is 17.1. The molecule has 0 amide bonds. The standard InChI is InChI=1S/C17H17BrN2.C16H15BrN2.C14H14BrNO.C13H12BrNO.C12H10BrNO/c1-19-15-8-7-12(18)11-14(15)13-5-4-6-16(17(13)19)20-9-2-3-10-20;17-11-6-7-14-13(10-11)12-4-3-5-15(16(12)18-14)19-8-1-2-9-19;1-8-3-5-10-11-7-9(15)4-6-12(11)16(2)13(10)14(8)17;1-15-11-6-5-8(14)7-10(11)9-3-2-4-12(16)13(9)15;13-7-4-5-10-9(6-7)8-2-1-3-11(15)12(8)14-10/h2-3,7-11,16H,4-6H2,1H3;1-2,6-10,15,18H,3-5H2;4,6-8H,3,5H2,1-2H3;5-7H,2-4H2,1H3;4-6,14H,1-3H2. The first-order valence-corrected chi connectivity index (χ1v) is 34.3. The largest absolute Gasteiger partial charge is 0.356 e. The summed E-state index contributed by atoms with van der Waals surface area (Å²) < 4.78 is 16.7. The summed E-state index contributed by atoms with van der Waals surface area (Å²) >= 11 is 17.6. The lowest BCUT2D eigenvalue weighted by atomic mass is 9.87. The van der Waals surface area contributed by atoms with Gasteiger partial charge in [-0.15, -0.1) is 0 Å². The van der Waals surface area contributed by atoms with Crippen molar-refractivity contribution in [2.24, 2.45) is 27.1 Å². The molecule has 0 radical (unpaired) electrons. The predicted molar refractivity (Wildman–Crippen MR) is 371 cm³/mol. The van der Waals surface area contributed by atoms with Crippen LogP contribution in [0.2, 0.25) is 0 Å². The van der Waals surface area contributed by atoms with Gasteiger partial charge in [0.1, 0.15) is 0 Å². The quantitative estimate of drug-likeness (QED) is 0.180. The smallest absolute Gasteiger partial charge is 0.182 e. The summed E-state index contributed by atoms with van der Waals surface area (Å²) in [5.41, 5.74) is 18.2. The zero-order valence-electron chi connectivity index (χ0n) is 49.3. The maximum Gasteiger partial charge on any atom is 0.182 e. The van der Waals surface area contributed by atoms with E-state index >= 15 is 0 Å². The number of fused-ring (bicyclic) bond motifs is 15. The minimum absolute atomic E-state index is 0.161. The van der Waals surface area contributed by atoms with Gasteiger partial charge in [-0.3, -0.25) is 14.4 Å². The highest BCUT2D eigenvalue weighted by Gasteiger charge is 2.31. The van der Waals surface area contributed by atoms with E-state index in [1.165, 1.54) is 120 Å². The van der Waals surface area contributed by atoms with Gasteiger partial charge in [0.15, 0.2) is 17.3 Å². The Morgan fingerprint density at radius 2 is 0.851 bits per heavy atom. The molecule has 5 aliphatic rings. The third-order valence-corrected chi connectivity index (χ3v) is 21.2. The van der Waals surface area contributed by atoms with Crippen LogP contribution in [0.1, 0.15) is 147 Å². The van der Waals surface area contributed by atoms with E-state index in [0.29, 0.717) is 30.7 Å². The monoisotopic (exact) mass is 1470 g/mol. The third kappa shape index (κ3) is 11.4. The Balaban J connectivity index is 0.000000101. The molecule has 3 atom stereocenters. The summed E-state index contributed by atoms with van der Waals surface area (Å²) in [6.45, 7) is 2.03. The van der Waals surface area contributed by atoms with Gasteiger partial charge >= 0.3 is 0 Å². The first-order valence-electron chi connectivity index (χ1n) is 30.4. The molecule has 0 bridgehead atoms. The van der Waals surface area contributed by atoms with Crippen LogP contribution < -0.4 is 0 Å². The second-order valence-electron chi connectivity index (χ2n) is 24.0. The molecule has 17 rings (SSSR count). The molecule has 87 heavy (non-hydrogen) atoms. The maximum absolute atomic E-state index is 12.3. The first-order chi connectivity index (χ1) is 42.1. The number of halogens is 5. The number of hydrogen-bond donors (Lipinski definition) is 2. The molecule has 10 nitrogen and oxygen atoms in total. The Hall–Kier alpha value is -6.23. The number of hydrogen-bond acceptors (Lipinski definition) is 3. The Morgan fingerprint density at radius 1 is 0.414 bits per heavy atom. The highest BCUT2D eigenvalue weighted by Crippen LogP contribution is 2.42. The van der Waals surface area contributed by atoms with Gasteiger partial charge in [-0.2, -0.15) is 0 Å². The summed E-state index contributed by atoms with van der Waals surface area (Å²) in [6.07, 6.45) is 23.4. The fraction of sp³-hybridized carbons (Fsp3) is 0.292. The zero-order valence-corrected chi connectivity index (χ0v) is 57.2. The summed E-state index contributed by atoms with van der Waals surface area (Å²) in [6, 6.07) is 41.1. The van der Waals surface area contributed by atoms with Crippen molar-refractivity contribution >= 4 is 152 Å². The number of carbonyl (C=O) groups is 3. The van der Waals surface area contributed by atoms with Gasteiger partial charge < -0.3 is 32.8 Å². The van der Waals surface area contributed by atoms with Crippen LogP contribution in [-0.2, 0) is 53.2 Å². The fourth-order valence-electron chi connectivity index (χ4n) is 14.6. The van der Waals surface area contributed by atoms with Gasteiger partial charge in [0.25, 0.3) is 0 Å². The highest BCUT2D eigenvalue weighted by molar-refractivity contribution is 9.11. The molecule has 7 aromatic heterocycles. The summed E-state index contributed by atoms with van der Waals surface area (Å²) in [4.78, 5) is 42.7. The maximum atomic E-state index is 12.3. The van der Waals surface area contributed by atoms with Gasteiger partial charge in [0.05, 0.1) is 29.2 Å². The van der Waals surface area contributed by atoms with Gasteiger partial charge in [-0.1, -0.05) is 86.6 Å². The third-order valence-electron chi connectivity index (χ3n) is 18.8. The number of Topliss-reactive ketones (excluding diaryl/α,β-unsaturated/α-hetero) is 3. The molecule has 0 saturated heterocycles. The number of aromatic nitrogens is 7. The van der Waals surface area contributed by atoms with Crippen LogP contribution in [0.3, 0.4) is 0 Å². The van der Waals surface area contributed by atoms with Gasteiger partial charge in [0, 0.05) is 153 Å². The van der Waals surface area contributed by atoms with Crippen molar-refractivity contribution in [3.8, 4) is 0 Å². The second kappa shape index (κ2) is 25.0. The number of H-pyrrole nitrogens is 2. The second-order valence-corrected chi connectivity index (χ2v) is 28.6. The molecule has 0 spiro atoms. The van der Waals surface area contributed by atoms with Crippen molar-refractivity contribution in [1.29, 1.82) is 0 Å². The molecule has 2 N–H and O–H groups in total. The van der Waals surface area contributed by atoms with Crippen molar-refractivity contribution in [2.45, 2.75) is 109 Å². The SMILES string of the molecule is Brc1ccc2[nH]c3c(c2c1)CCCC3n1cccc1.CC1CCc2c(n(C)c3ccc(Br)cc23)C1=O.Cn1c2c(c3cc(Br)ccc31)CCCC2=O.Cn1c2c(c3cc(Br)ccc31)CCCC2n1cccc1.O=C1CCCc2c1[nH]c1ccc(Br)cc21. The average Bonchev–Trinajstić information content (AvgIpc) is 2.22. The van der Waals surface area contributed by atoms with E-state index in [4.69, 9.17) is 0 Å². The summed E-state index contributed by atoms with van der Waals surface area (Å²) in [5, 5.41) is 6.42. The van der Waals surface area contributed by atoms with Crippen molar-refractivity contribution < 1.29 is 14.4 Å². The molecule has 5 aromatic carbocycles. The molecular formula is C72H68Br5N7O3. The van der Waals surface area contributed by atoms with Gasteiger partial charge in [0.2, 0.25) is 0 Å². The van der Waals surface area contributed by atoms with Crippen LogP contribution in [0.15, 0.2) is 162 Å². The van der Waals surface area contributed by atoms with E-state index in [1.54, 1.807) is 0 Å². The number of carbonyl (C=O) groups excluding carboxylic acids is 3. The van der Waals surface area contributed by atoms with Crippen LogP contribution in [-0.4, -0.2) is 50.2 Å². The topological polar surface area (TPSA) is 107 Å². The number of rotatable bonds is 2. The number of aryl methyl sites for hydroxylation is 8. The molecule has 0 saturated carbocycles. The van der Waals surface area contributed by atoms with E-state index in [1.807, 2.05) is 49.9 Å². The van der Waals surface area contributed by atoms with Crippen LogP contribution >= 0.6 is 79.6 Å². The van der Waals surface area contributed by atoms with Crippen molar-refractivity contribution in [2.75, 3.05) is 0 Å². The number of nitrogens with zero attached hydrogens (tertiary/aromatic N) is 5. The summed E-state index contributed by atoms with van der Waals surface area (Å²) in [7, 11) is 6.18. The number of aromatic amines is 2. The first kappa shape index (κ1) is 59.7. The van der Waals surface area contributed by atoms with E-state index in [-0.39, 0.29) is 17.5 Å². The Morgan fingerprint density at radius 3 is 1.45 bits per heavy atom. The number of ketones is 3. The molecule has 5 aliphatic carbocycles. The van der Waals surface area contributed by atoms with Crippen LogP contribution in [0.5, 0.6) is 0 Å². The van der Waals surface area contributed by atoms with Crippen molar-refractivity contribution in [3.05, 3.63) is 219 Å². The molecule has 15 heteroatoms. The lowest BCUT2D eigenvalue weighted by molar-refractivity contribution is 0.0903. The number of nitrogens with one attached hydrogen (secondary N) is 2. The molecule has 444 valence electrons. The summed E-state index contributed by atoms with van der Waals surface area (Å²) in [5.74, 6) is 0.995. The molecule has 0 aliphatic heterocycles. The fourth-order valence-corrected chi connectivity index (χ4v) is 16.4. The minimum atomic E-state index is 0.161. The van der Waals surface area contributed by atoms with E-state index in [0.717, 1.165) is 90.0 Å². The minimum Gasteiger partial charge on any atom is -0.356 e. The Labute approximate surface area is 548 Å². The zero-order chi connectivity index (χ0) is 60.4. The molecule has 3 unspecified atom stereocenters. The van der Waals surface area contributed by atoms with E-state index < -0.39 is 0 Å². The van der Waals surface area contributed by atoms with Crippen LogP contribution in [0, 0.1) is 5.92 Å². The highest BCUT2D eigenvalue weighted by atomic mass is 79.9. The lowest BCUT2D eigenvalue weighted by Crippen LogP contribution is -2.21. The van der Waals surface area contributed by atoms with Crippen molar-refractivity contribution in [3.63, 3.8) is 0 Å². The molecular weight excluding hydrogens is 1410 g/mol. The van der Waals surface area contributed by atoms with Crippen LogP contribution in [0.25, 0.3) is 54.5 Å². The lowest BCUT2D eigenvalue weighted by Gasteiger charge is -2.26. The molecule has 7 heterocycles. The van der Waals surface area contributed by atoms with Crippen LogP contribution in [0.4, 0.5) is 0 Å². The van der Waals surface area contributed by atoms with Gasteiger partial charge in [-0.05, 0) is 220 Å². The molecule has 12 aromatic rings. The molecule has 0 fully saturated rings. The van der Waals surface area contributed by atoms with Crippen molar-refractivity contribution in [1.82, 2.24) is 32.8 Å². The normalized spacial score (nSPS) is 17.7. The van der Waals surface area contributed by atoms with E-state index in [2.05, 4.69) is 231 Å². The van der Waals surface area contributed by atoms with E-state index in [9.17, 15) is 14.4 Å². The predicted octanol–water partition coefficient (Wildman–Crippen LogP) is 19.9. The van der Waals surface area contributed by atoms with Gasteiger partial charge in [-0.25, -0.2) is 0 Å².